The Kier molecular flexibility index (Phi) is 6.35. The lowest BCUT2D eigenvalue weighted by atomic mass is 10.1. The second kappa shape index (κ2) is 9.34. The van der Waals surface area contributed by atoms with Crippen LogP contribution in [-0.2, 0) is 4.79 Å². The van der Waals surface area contributed by atoms with Crippen molar-refractivity contribution in [1.82, 2.24) is 5.32 Å². The van der Waals surface area contributed by atoms with Crippen LogP contribution in [0.25, 0.3) is 6.08 Å². The number of rotatable bonds is 5. The molecule has 4 rings (SSSR count). The van der Waals surface area contributed by atoms with Crippen LogP contribution in [0.4, 0.5) is 5.69 Å². The zero-order valence-electron chi connectivity index (χ0n) is 16.9. The number of benzene rings is 3. The van der Waals surface area contributed by atoms with Gasteiger partial charge < -0.3 is 20.1 Å². The van der Waals surface area contributed by atoms with E-state index in [2.05, 4.69) is 10.6 Å². The van der Waals surface area contributed by atoms with E-state index < -0.39 is 11.8 Å². The van der Waals surface area contributed by atoms with Crippen molar-refractivity contribution < 1.29 is 19.1 Å². The molecule has 0 radical (unpaired) electrons. The fourth-order valence-electron chi connectivity index (χ4n) is 3.03. The van der Waals surface area contributed by atoms with E-state index in [1.54, 1.807) is 66.7 Å². The van der Waals surface area contributed by atoms with E-state index in [0.29, 0.717) is 27.8 Å². The normalized spacial score (nSPS) is 12.4. The van der Waals surface area contributed by atoms with Crippen LogP contribution in [0.1, 0.15) is 21.5 Å². The third-order valence-corrected chi connectivity index (χ3v) is 5.49. The zero-order valence-corrected chi connectivity index (χ0v) is 18.5. The summed E-state index contributed by atoms with van der Waals surface area (Å²) in [5.74, 6) is 0.131. The number of hydrogen-bond acceptors (Lipinski definition) is 4. The highest BCUT2D eigenvalue weighted by Crippen LogP contribution is 2.33. The van der Waals surface area contributed by atoms with E-state index >= 15 is 0 Å². The molecule has 0 atom stereocenters. The van der Waals surface area contributed by atoms with Gasteiger partial charge in [-0.15, -0.1) is 0 Å². The number of amides is 2. The van der Waals surface area contributed by atoms with Crippen LogP contribution >= 0.6 is 23.2 Å². The first-order valence-corrected chi connectivity index (χ1v) is 10.4. The Balaban J connectivity index is 1.65. The molecule has 1 aliphatic rings. The van der Waals surface area contributed by atoms with E-state index in [1.165, 1.54) is 0 Å². The minimum Gasteiger partial charge on any atom is -0.454 e. The molecule has 0 saturated heterocycles. The van der Waals surface area contributed by atoms with Gasteiger partial charge in [0.2, 0.25) is 6.79 Å². The van der Waals surface area contributed by atoms with Crippen molar-refractivity contribution in [3.63, 3.8) is 0 Å². The van der Waals surface area contributed by atoms with Crippen LogP contribution in [0, 0.1) is 6.92 Å². The molecule has 0 aromatic heterocycles. The van der Waals surface area contributed by atoms with E-state index in [9.17, 15) is 9.59 Å². The molecule has 2 N–H and O–H groups in total. The fraction of sp³-hybridized carbons (Fsp3) is 0.0833. The van der Waals surface area contributed by atoms with Crippen molar-refractivity contribution in [2.75, 3.05) is 12.1 Å². The van der Waals surface area contributed by atoms with Crippen molar-refractivity contribution in [3.05, 3.63) is 93.1 Å². The average Bonchev–Trinajstić information content (AvgIpc) is 3.24. The van der Waals surface area contributed by atoms with Gasteiger partial charge in [0.05, 0.1) is 10.6 Å². The van der Waals surface area contributed by atoms with Crippen LogP contribution in [-0.4, -0.2) is 18.6 Å². The standard InChI is InChI=1S/C24H18Cl2N2O4/c1-14-6-8-16(12-19(14)26)27-24(30)20(28-23(29)17-4-2-3-5-18(17)25)10-15-7-9-21-22(11-15)32-13-31-21/h2-12H,13H2,1H3,(H,27,30)(H,28,29). The van der Waals surface area contributed by atoms with Crippen molar-refractivity contribution in [1.29, 1.82) is 0 Å². The van der Waals surface area contributed by atoms with Gasteiger partial charge in [0.25, 0.3) is 11.8 Å². The van der Waals surface area contributed by atoms with Gasteiger partial charge in [-0.25, -0.2) is 0 Å². The third kappa shape index (κ3) is 4.88. The Hall–Kier alpha value is -3.48. The summed E-state index contributed by atoms with van der Waals surface area (Å²) in [6, 6.07) is 17.0. The molecule has 8 heteroatoms. The van der Waals surface area contributed by atoms with Gasteiger partial charge in [0, 0.05) is 10.7 Å². The third-order valence-electron chi connectivity index (χ3n) is 4.75. The number of aryl methyl sites for hydroxylation is 1. The smallest absolute Gasteiger partial charge is 0.272 e. The highest BCUT2D eigenvalue weighted by molar-refractivity contribution is 6.34. The molecule has 162 valence electrons. The maximum absolute atomic E-state index is 13.1. The molecule has 0 fully saturated rings. The van der Waals surface area contributed by atoms with Gasteiger partial charge in [-0.3, -0.25) is 9.59 Å². The quantitative estimate of drug-likeness (QED) is 0.488. The molecule has 6 nitrogen and oxygen atoms in total. The van der Waals surface area contributed by atoms with E-state index in [1.807, 2.05) is 6.92 Å². The fourth-order valence-corrected chi connectivity index (χ4v) is 3.43. The first-order chi connectivity index (χ1) is 15.4. The molecule has 0 spiro atoms. The Bertz CT molecular complexity index is 1240. The van der Waals surface area contributed by atoms with Crippen LogP contribution in [0.15, 0.2) is 66.4 Å². The Morgan fingerprint density at radius 2 is 1.72 bits per heavy atom. The first kappa shape index (κ1) is 21.7. The van der Waals surface area contributed by atoms with Crippen molar-refractivity contribution in [3.8, 4) is 11.5 Å². The summed E-state index contributed by atoms with van der Waals surface area (Å²) in [6.45, 7) is 2.00. The molecule has 32 heavy (non-hydrogen) atoms. The largest absolute Gasteiger partial charge is 0.454 e. The van der Waals surface area contributed by atoms with Gasteiger partial charge in [-0.1, -0.05) is 47.5 Å². The lowest BCUT2D eigenvalue weighted by Gasteiger charge is -2.13. The maximum atomic E-state index is 13.1. The predicted octanol–water partition coefficient (Wildman–Crippen LogP) is 5.44. The molecule has 0 aliphatic carbocycles. The summed E-state index contributed by atoms with van der Waals surface area (Å²) in [5, 5.41) is 6.21. The predicted molar refractivity (Wildman–Crippen MR) is 124 cm³/mol. The highest BCUT2D eigenvalue weighted by Gasteiger charge is 2.18. The highest BCUT2D eigenvalue weighted by atomic mass is 35.5. The van der Waals surface area contributed by atoms with E-state index in [0.717, 1.165) is 5.56 Å². The van der Waals surface area contributed by atoms with Crippen molar-refractivity contribution in [2.24, 2.45) is 0 Å². The SMILES string of the molecule is Cc1ccc(NC(=O)C(=Cc2ccc3c(c2)OCO3)NC(=O)c2ccccc2Cl)cc1Cl. The summed E-state index contributed by atoms with van der Waals surface area (Å²) >= 11 is 12.3. The monoisotopic (exact) mass is 468 g/mol. The number of anilines is 1. The van der Waals surface area contributed by atoms with Crippen molar-refractivity contribution in [2.45, 2.75) is 6.92 Å². The molecular weight excluding hydrogens is 451 g/mol. The number of halogens is 2. The summed E-state index contributed by atoms with van der Waals surface area (Å²) in [5.41, 5.74) is 2.28. The Labute approximate surface area is 194 Å². The number of hydrogen-bond donors (Lipinski definition) is 2. The van der Waals surface area contributed by atoms with Crippen LogP contribution in [0.5, 0.6) is 11.5 Å². The van der Waals surface area contributed by atoms with Crippen molar-refractivity contribution >= 4 is 46.8 Å². The molecule has 3 aromatic carbocycles. The Morgan fingerprint density at radius 3 is 2.50 bits per heavy atom. The molecule has 0 saturated carbocycles. The number of ether oxygens (including phenoxy) is 2. The summed E-state index contributed by atoms with van der Waals surface area (Å²) in [6.07, 6.45) is 1.54. The van der Waals surface area contributed by atoms with Crippen LogP contribution in [0.2, 0.25) is 10.0 Å². The summed E-state index contributed by atoms with van der Waals surface area (Å²) in [4.78, 5) is 25.9. The van der Waals surface area contributed by atoms with Gasteiger partial charge in [-0.05, 0) is 60.5 Å². The number of fused-ring (bicyclic) bond motifs is 1. The molecule has 1 heterocycles. The van der Waals surface area contributed by atoms with Gasteiger partial charge >= 0.3 is 0 Å². The van der Waals surface area contributed by atoms with Gasteiger partial charge in [0.15, 0.2) is 11.5 Å². The lowest BCUT2D eigenvalue weighted by Crippen LogP contribution is -2.31. The Morgan fingerprint density at radius 1 is 0.938 bits per heavy atom. The van der Waals surface area contributed by atoms with E-state index in [4.69, 9.17) is 32.7 Å². The molecule has 1 aliphatic heterocycles. The molecule has 0 bridgehead atoms. The molecule has 3 aromatic rings. The second-order valence-corrected chi connectivity index (χ2v) is 7.84. The van der Waals surface area contributed by atoms with Crippen LogP contribution in [0.3, 0.4) is 0 Å². The molecule has 2 amide bonds. The lowest BCUT2D eigenvalue weighted by molar-refractivity contribution is -0.113. The second-order valence-electron chi connectivity index (χ2n) is 7.02. The topological polar surface area (TPSA) is 76.7 Å². The maximum Gasteiger partial charge on any atom is 0.272 e. The minimum atomic E-state index is -0.525. The summed E-state index contributed by atoms with van der Waals surface area (Å²) < 4.78 is 10.7. The number of carbonyl (C=O) groups excluding carboxylic acids is 2. The number of nitrogens with one attached hydrogen (secondary N) is 2. The van der Waals surface area contributed by atoms with Crippen LogP contribution < -0.4 is 20.1 Å². The first-order valence-electron chi connectivity index (χ1n) is 9.65. The molecular formula is C24H18Cl2N2O4. The minimum absolute atomic E-state index is 0.0190. The zero-order chi connectivity index (χ0) is 22.7. The molecule has 0 unspecified atom stereocenters. The van der Waals surface area contributed by atoms with Gasteiger partial charge in [0.1, 0.15) is 5.70 Å². The van der Waals surface area contributed by atoms with Gasteiger partial charge in [-0.2, -0.15) is 0 Å². The van der Waals surface area contributed by atoms with E-state index in [-0.39, 0.29) is 23.1 Å². The average molecular weight is 469 g/mol. The number of carbonyl (C=O) groups is 2. The summed E-state index contributed by atoms with van der Waals surface area (Å²) in [7, 11) is 0.